The van der Waals surface area contributed by atoms with E-state index >= 15 is 0 Å². The summed E-state index contributed by atoms with van der Waals surface area (Å²) >= 11 is 5.91. The first-order chi connectivity index (χ1) is 9.51. The second-order valence-corrected chi connectivity index (χ2v) is 5.10. The first kappa shape index (κ1) is 14.8. The molecule has 1 unspecified atom stereocenters. The van der Waals surface area contributed by atoms with Crippen molar-refractivity contribution in [1.29, 1.82) is 0 Å². The predicted octanol–water partition coefficient (Wildman–Crippen LogP) is 1.03. The van der Waals surface area contributed by atoms with Crippen LogP contribution in [-0.4, -0.2) is 46.1 Å². The van der Waals surface area contributed by atoms with Gasteiger partial charge in [-0.3, -0.25) is 4.79 Å². The molecule has 1 saturated heterocycles. The molecule has 1 aliphatic heterocycles. The second kappa shape index (κ2) is 6.21. The zero-order valence-corrected chi connectivity index (χ0v) is 12.5. The molecule has 1 aromatic heterocycles. The zero-order valence-electron chi connectivity index (χ0n) is 11.8. The summed E-state index contributed by atoms with van der Waals surface area (Å²) < 4.78 is 5.45. The van der Waals surface area contributed by atoms with E-state index in [-0.39, 0.29) is 29.3 Å². The van der Waals surface area contributed by atoms with Crippen LogP contribution in [0.5, 0.6) is 6.01 Å². The van der Waals surface area contributed by atoms with Crippen molar-refractivity contribution in [2.75, 3.05) is 18.0 Å². The molecule has 0 saturated carbocycles. The van der Waals surface area contributed by atoms with Crippen molar-refractivity contribution < 1.29 is 9.53 Å². The van der Waals surface area contributed by atoms with Gasteiger partial charge in [0.15, 0.2) is 0 Å². The van der Waals surface area contributed by atoms with E-state index in [1.165, 1.54) is 0 Å². The van der Waals surface area contributed by atoms with Gasteiger partial charge < -0.3 is 15.0 Å². The summed E-state index contributed by atoms with van der Waals surface area (Å²) in [6, 6.07) is -0.120. The lowest BCUT2D eigenvalue weighted by molar-refractivity contribution is -0.123. The molecular weight excluding hydrogens is 282 g/mol. The van der Waals surface area contributed by atoms with Crippen LogP contribution in [0.25, 0.3) is 0 Å². The lowest BCUT2D eigenvalue weighted by Gasteiger charge is -2.34. The fraction of sp³-hybridized carbons (Fsp3) is 0.667. The average molecular weight is 300 g/mol. The van der Waals surface area contributed by atoms with E-state index in [4.69, 9.17) is 16.3 Å². The van der Waals surface area contributed by atoms with Crippen LogP contribution in [0.4, 0.5) is 5.95 Å². The summed E-state index contributed by atoms with van der Waals surface area (Å²) in [7, 11) is 0. The molecule has 8 heteroatoms. The van der Waals surface area contributed by atoms with E-state index in [1.54, 1.807) is 0 Å². The molecule has 1 N–H and O–H groups in total. The molecule has 1 fully saturated rings. The zero-order chi connectivity index (χ0) is 14.7. The maximum Gasteiger partial charge on any atom is 0.322 e. The van der Waals surface area contributed by atoms with Gasteiger partial charge in [0.2, 0.25) is 17.1 Å². The highest BCUT2D eigenvalue weighted by atomic mass is 35.5. The number of carbonyl (C=O) groups excluding carboxylic acids is 1. The first-order valence-electron chi connectivity index (χ1n) is 6.63. The van der Waals surface area contributed by atoms with Crippen LogP contribution < -0.4 is 15.0 Å². The Bertz CT molecular complexity index is 497. The van der Waals surface area contributed by atoms with Crippen LogP contribution in [0.15, 0.2) is 0 Å². The van der Waals surface area contributed by atoms with Gasteiger partial charge in [-0.2, -0.15) is 15.0 Å². The molecule has 1 aromatic rings. The number of halogens is 1. The highest BCUT2D eigenvalue weighted by Crippen LogP contribution is 2.20. The number of hydrogen-bond donors (Lipinski definition) is 1. The van der Waals surface area contributed by atoms with Gasteiger partial charge in [0.1, 0.15) is 6.04 Å². The van der Waals surface area contributed by atoms with Crippen molar-refractivity contribution in [2.45, 2.75) is 39.3 Å². The number of hydrogen-bond acceptors (Lipinski definition) is 6. The largest absolute Gasteiger partial charge is 0.461 e. The number of nitrogens with one attached hydrogen (secondary N) is 1. The second-order valence-electron chi connectivity index (χ2n) is 4.76. The fourth-order valence-corrected chi connectivity index (χ4v) is 2.22. The number of amides is 1. The third kappa shape index (κ3) is 3.27. The SMILES string of the molecule is CCC1C(=O)NCCN1c1nc(Cl)nc(OC(C)C)n1. The Kier molecular flexibility index (Phi) is 4.59. The number of anilines is 1. The smallest absolute Gasteiger partial charge is 0.322 e. The maximum absolute atomic E-state index is 11.9. The third-order valence-corrected chi connectivity index (χ3v) is 3.06. The van der Waals surface area contributed by atoms with Crippen molar-refractivity contribution in [1.82, 2.24) is 20.3 Å². The van der Waals surface area contributed by atoms with Gasteiger partial charge >= 0.3 is 6.01 Å². The third-order valence-electron chi connectivity index (χ3n) is 2.89. The van der Waals surface area contributed by atoms with Crippen LogP contribution in [-0.2, 0) is 4.79 Å². The van der Waals surface area contributed by atoms with E-state index in [1.807, 2.05) is 25.7 Å². The number of rotatable bonds is 4. The normalized spacial score (nSPS) is 19.1. The maximum atomic E-state index is 11.9. The Labute approximate surface area is 122 Å². The number of aromatic nitrogens is 3. The van der Waals surface area contributed by atoms with Crippen molar-refractivity contribution >= 4 is 23.5 Å². The van der Waals surface area contributed by atoms with E-state index in [2.05, 4.69) is 20.3 Å². The van der Waals surface area contributed by atoms with Crippen LogP contribution >= 0.6 is 11.6 Å². The predicted molar refractivity (Wildman–Crippen MR) is 75.0 cm³/mol. The van der Waals surface area contributed by atoms with Gasteiger partial charge in [0.05, 0.1) is 6.10 Å². The molecular formula is C12H18ClN5O2. The average Bonchev–Trinajstić information content (AvgIpc) is 2.36. The molecule has 20 heavy (non-hydrogen) atoms. The summed E-state index contributed by atoms with van der Waals surface area (Å²) in [4.78, 5) is 26.0. The van der Waals surface area contributed by atoms with Gasteiger partial charge in [-0.25, -0.2) is 0 Å². The molecule has 110 valence electrons. The lowest BCUT2D eigenvalue weighted by atomic mass is 10.1. The highest BCUT2D eigenvalue weighted by Gasteiger charge is 2.30. The molecule has 1 aliphatic rings. The quantitative estimate of drug-likeness (QED) is 0.894. The summed E-state index contributed by atoms with van der Waals surface area (Å²) in [5, 5.41) is 2.89. The molecule has 1 atom stereocenters. The minimum absolute atomic E-state index is 0.0263. The Morgan fingerprint density at radius 3 is 2.85 bits per heavy atom. The van der Waals surface area contributed by atoms with E-state index in [9.17, 15) is 4.79 Å². The van der Waals surface area contributed by atoms with E-state index < -0.39 is 0 Å². The van der Waals surface area contributed by atoms with Gasteiger partial charge in [-0.15, -0.1) is 0 Å². The molecule has 0 aromatic carbocycles. The summed E-state index contributed by atoms with van der Waals surface area (Å²) in [6.07, 6.45) is 0.600. The molecule has 0 spiro atoms. The van der Waals surface area contributed by atoms with Gasteiger partial charge in [0, 0.05) is 13.1 Å². The van der Waals surface area contributed by atoms with Gasteiger partial charge in [-0.1, -0.05) is 6.92 Å². The Morgan fingerprint density at radius 2 is 2.20 bits per heavy atom. The molecule has 1 amide bonds. The van der Waals surface area contributed by atoms with Crippen LogP contribution in [0.2, 0.25) is 5.28 Å². The molecule has 0 radical (unpaired) electrons. The summed E-state index contributed by atoms with van der Waals surface area (Å²) in [5.41, 5.74) is 0. The van der Waals surface area contributed by atoms with Crippen molar-refractivity contribution in [2.24, 2.45) is 0 Å². The van der Waals surface area contributed by atoms with Crippen LogP contribution in [0, 0.1) is 0 Å². The number of carbonyl (C=O) groups is 1. The highest BCUT2D eigenvalue weighted by molar-refractivity contribution is 6.28. The number of ether oxygens (including phenoxy) is 1. The Hall–Kier alpha value is -1.63. The van der Waals surface area contributed by atoms with Crippen LogP contribution in [0.1, 0.15) is 27.2 Å². The molecule has 2 rings (SSSR count). The van der Waals surface area contributed by atoms with E-state index in [0.29, 0.717) is 25.5 Å². The fourth-order valence-electron chi connectivity index (χ4n) is 2.07. The summed E-state index contributed by atoms with van der Waals surface area (Å²) in [6.45, 7) is 6.88. The lowest BCUT2D eigenvalue weighted by Crippen LogP contribution is -2.55. The minimum atomic E-state index is -0.297. The Balaban J connectivity index is 2.30. The van der Waals surface area contributed by atoms with Gasteiger partial charge in [0.25, 0.3) is 0 Å². The van der Waals surface area contributed by atoms with Gasteiger partial charge in [-0.05, 0) is 31.9 Å². The van der Waals surface area contributed by atoms with E-state index in [0.717, 1.165) is 0 Å². The topological polar surface area (TPSA) is 80.2 Å². The number of nitrogens with zero attached hydrogens (tertiary/aromatic N) is 4. The summed E-state index contributed by atoms with van der Waals surface area (Å²) in [5.74, 6) is 0.351. The molecule has 7 nitrogen and oxygen atoms in total. The Morgan fingerprint density at radius 1 is 1.45 bits per heavy atom. The first-order valence-corrected chi connectivity index (χ1v) is 7.01. The minimum Gasteiger partial charge on any atom is -0.461 e. The van der Waals surface area contributed by atoms with Crippen molar-refractivity contribution in [3.63, 3.8) is 0 Å². The molecule has 0 aliphatic carbocycles. The van der Waals surface area contributed by atoms with Crippen molar-refractivity contribution in [3.05, 3.63) is 5.28 Å². The number of piperazine rings is 1. The van der Waals surface area contributed by atoms with Crippen LogP contribution in [0.3, 0.4) is 0 Å². The molecule has 2 heterocycles. The standard InChI is InChI=1S/C12H18ClN5O2/c1-4-8-9(19)14-5-6-18(8)11-15-10(13)16-12(17-11)20-7(2)3/h7-8H,4-6H2,1-3H3,(H,14,19). The molecule has 0 bridgehead atoms. The monoisotopic (exact) mass is 299 g/mol. The van der Waals surface area contributed by atoms with Crippen molar-refractivity contribution in [3.8, 4) is 6.01 Å².